The van der Waals surface area contributed by atoms with E-state index in [1.165, 1.54) is 22.5 Å². The van der Waals surface area contributed by atoms with E-state index in [1.54, 1.807) is 4.90 Å². The maximum absolute atomic E-state index is 13.8. The number of carbonyl (C=O) groups is 1. The Morgan fingerprint density at radius 1 is 1.19 bits per heavy atom. The van der Waals surface area contributed by atoms with Gasteiger partial charge < -0.3 is 14.8 Å². The molecule has 2 amide bonds. The predicted molar refractivity (Wildman–Crippen MR) is 97.1 cm³/mol. The van der Waals surface area contributed by atoms with Gasteiger partial charge in [-0.1, -0.05) is 12.1 Å². The van der Waals surface area contributed by atoms with Gasteiger partial charge in [0.15, 0.2) is 0 Å². The summed E-state index contributed by atoms with van der Waals surface area (Å²) in [6.45, 7) is 3.99. The van der Waals surface area contributed by atoms with Crippen LogP contribution in [0.3, 0.4) is 0 Å². The van der Waals surface area contributed by atoms with Crippen molar-refractivity contribution in [1.82, 2.24) is 9.47 Å². The number of aryl methyl sites for hydroxylation is 1. The summed E-state index contributed by atoms with van der Waals surface area (Å²) < 4.78 is 29.1. The van der Waals surface area contributed by atoms with E-state index in [0.29, 0.717) is 13.1 Å². The van der Waals surface area contributed by atoms with E-state index < -0.39 is 11.6 Å². The molecule has 0 saturated heterocycles. The van der Waals surface area contributed by atoms with Crippen molar-refractivity contribution in [1.29, 1.82) is 0 Å². The van der Waals surface area contributed by atoms with Crippen LogP contribution in [-0.4, -0.2) is 22.0 Å². The first kappa shape index (κ1) is 16.6. The van der Waals surface area contributed by atoms with Gasteiger partial charge in [-0.25, -0.2) is 13.6 Å². The van der Waals surface area contributed by atoms with Gasteiger partial charge >= 0.3 is 6.03 Å². The lowest BCUT2D eigenvalue weighted by Gasteiger charge is -2.22. The molecule has 2 heterocycles. The van der Waals surface area contributed by atoms with Crippen LogP contribution in [0.4, 0.5) is 19.3 Å². The molecule has 0 radical (unpaired) electrons. The van der Waals surface area contributed by atoms with Crippen LogP contribution in [0, 0.1) is 11.6 Å². The maximum Gasteiger partial charge on any atom is 0.322 e. The highest BCUT2D eigenvalue weighted by atomic mass is 19.1. The Morgan fingerprint density at radius 3 is 2.81 bits per heavy atom. The van der Waals surface area contributed by atoms with Crippen LogP contribution in [0.2, 0.25) is 0 Å². The minimum absolute atomic E-state index is 0.0189. The SMILES string of the molecule is CCn1cc2c3c(cccc31)CN(C(=O)Nc1ccc(F)cc1F)CC2. The molecule has 1 aromatic heterocycles. The fourth-order valence-electron chi connectivity index (χ4n) is 3.60. The summed E-state index contributed by atoms with van der Waals surface area (Å²) in [5, 5.41) is 3.75. The number of anilines is 1. The zero-order valence-corrected chi connectivity index (χ0v) is 14.4. The second-order valence-electron chi connectivity index (χ2n) is 6.48. The van der Waals surface area contributed by atoms with Gasteiger partial charge in [-0.15, -0.1) is 0 Å². The Labute approximate surface area is 150 Å². The lowest BCUT2D eigenvalue weighted by molar-refractivity contribution is 0.210. The van der Waals surface area contributed by atoms with Crippen molar-refractivity contribution < 1.29 is 13.6 Å². The molecular weight excluding hydrogens is 336 g/mol. The molecule has 0 atom stereocenters. The first-order valence-corrected chi connectivity index (χ1v) is 8.67. The fourth-order valence-corrected chi connectivity index (χ4v) is 3.60. The van der Waals surface area contributed by atoms with Crippen molar-refractivity contribution in [3.63, 3.8) is 0 Å². The van der Waals surface area contributed by atoms with E-state index in [4.69, 9.17) is 0 Å². The molecule has 4 rings (SSSR count). The molecule has 0 fully saturated rings. The number of hydrogen-bond acceptors (Lipinski definition) is 1. The van der Waals surface area contributed by atoms with Crippen LogP contribution in [0.25, 0.3) is 10.9 Å². The molecule has 0 bridgehead atoms. The molecule has 1 aliphatic rings. The molecular formula is C20H19F2N3O. The number of rotatable bonds is 2. The molecule has 3 aromatic rings. The number of urea groups is 1. The Bertz CT molecular complexity index is 996. The third-order valence-electron chi connectivity index (χ3n) is 4.88. The van der Waals surface area contributed by atoms with Gasteiger partial charge in [0.05, 0.1) is 5.69 Å². The molecule has 4 nitrogen and oxygen atoms in total. The van der Waals surface area contributed by atoms with Crippen molar-refractivity contribution in [2.75, 3.05) is 11.9 Å². The first-order chi connectivity index (χ1) is 12.6. The van der Waals surface area contributed by atoms with Crippen LogP contribution in [-0.2, 0) is 19.5 Å². The second kappa shape index (κ2) is 6.44. The van der Waals surface area contributed by atoms with Gasteiger partial charge in [0.2, 0.25) is 0 Å². The predicted octanol–water partition coefficient (Wildman–Crippen LogP) is 4.53. The lowest BCUT2D eigenvalue weighted by Crippen LogP contribution is -2.35. The average molecular weight is 355 g/mol. The van der Waals surface area contributed by atoms with E-state index in [-0.39, 0.29) is 11.7 Å². The zero-order valence-electron chi connectivity index (χ0n) is 14.4. The van der Waals surface area contributed by atoms with Crippen LogP contribution >= 0.6 is 0 Å². The number of nitrogens with one attached hydrogen (secondary N) is 1. The number of aromatic nitrogens is 1. The van der Waals surface area contributed by atoms with Gasteiger partial charge in [-0.2, -0.15) is 0 Å². The smallest absolute Gasteiger partial charge is 0.322 e. The second-order valence-corrected chi connectivity index (χ2v) is 6.48. The van der Waals surface area contributed by atoms with Gasteiger partial charge in [-0.05, 0) is 42.7 Å². The van der Waals surface area contributed by atoms with E-state index in [9.17, 15) is 13.6 Å². The molecule has 1 aliphatic heterocycles. The Kier molecular flexibility index (Phi) is 4.11. The third-order valence-corrected chi connectivity index (χ3v) is 4.88. The van der Waals surface area contributed by atoms with Gasteiger partial charge in [0.1, 0.15) is 11.6 Å². The molecule has 0 unspecified atom stereocenters. The topological polar surface area (TPSA) is 37.3 Å². The molecule has 0 aliphatic carbocycles. The first-order valence-electron chi connectivity index (χ1n) is 8.67. The number of hydrogen-bond donors (Lipinski definition) is 1. The normalized spacial score (nSPS) is 13.7. The summed E-state index contributed by atoms with van der Waals surface area (Å²) >= 11 is 0. The minimum Gasteiger partial charge on any atom is -0.347 e. The van der Waals surface area contributed by atoms with E-state index in [1.807, 2.05) is 12.1 Å². The highest BCUT2D eigenvalue weighted by molar-refractivity contribution is 5.92. The maximum atomic E-state index is 13.8. The molecule has 134 valence electrons. The summed E-state index contributed by atoms with van der Waals surface area (Å²) in [4.78, 5) is 14.3. The molecule has 26 heavy (non-hydrogen) atoms. The van der Waals surface area contributed by atoms with Gasteiger partial charge in [-0.3, -0.25) is 0 Å². The summed E-state index contributed by atoms with van der Waals surface area (Å²) in [7, 11) is 0. The molecule has 0 saturated carbocycles. The largest absolute Gasteiger partial charge is 0.347 e. The van der Waals surface area contributed by atoms with Gasteiger partial charge in [0.25, 0.3) is 0 Å². The molecule has 0 spiro atoms. The summed E-state index contributed by atoms with van der Waals surface area (Å²) in [6, 6.07) is 8.85. The molecule has 2 aromatic carbocycles. The number of halogens is 2. The van der Waals surface area contributed by atoms with Crippen molar-refractivity contribution in [3.05, 3.63) is 65.4 Å². The standard InChI is InChI=1S/C20H19F2N3O/c1-2-24-11-14-8-9-25(12-13-4-3-5-18(24)19(13)14)20(26)23-17-7-6-15(21)10-16(17)22/h3-7,10-11H,2,8-9,12H2,1H3,(H,23,26). The van der Waals surface area contributed by atoms with Crippen molar-refractivity contribution in [2.45, 2.75) is 26.4 Å². The minimum atomic E-state index is -0.781. The van der Waals surface area contributed by atoms with Crippen molar-refractivity contribution >= 4 is 22.6 Å². The molecule has 6 heteroatoms. The highest BCUT2D eigenvalue weighted by Crippen LogP contribution is 2.29. The Morgan fingerprint density at radius 2 is 2.04 bits per heavy atom. The van der Waals surface area contributed by atoms with Crippen LogP contribution in [0.15, 0.2) is 42.6 Å². The number of nitrogens with zero attached hydrogens (tertiary/aromatic N) is 2. The number of carbonyl (C=O) groups excluding carboxylic acids is 1. The summed E-state index contributed by atoms with van der Waals surface area (Å²) in [5.74, 6) is -1.45. The quantitative estimate of drug-likeness (QED) is 0.720. The summed E-state index contributed by atoms with van der Waals surface area (Å²) in [5.41, 5.74) is 3.46. The lowest BCUT2D eigenvalue weighted by atomic mass is 10.1. The van der Waals surface area contributed by atoms with E-state index >= 15 is 0 Å². The van der Waals surface area contributed by atoms with Crippen LogP contribution in [0.5, 0.6) is 0 Å². The van der Waals surface area contributed by atoms with Gasteiger partial charge in [0, 0.05) is 42.8 Å². The number of benzene rings is 2. The fraction of sp³-hybridized carbons (Fsp3) is 0.250. The number of amides is 2. The van der Waals surface area contributed by atoms with E-state index in [2.05, 4.69) is 29.1 Å². The van der Waals surface area contributed by atoms with Crippen molar-refractivity contribution in [2.24, 2.45) is 0 Å². The van der Waals surface area contributed by atoms with E-state index in [0.717, 1.165) is 30.7 Å². The third kappa shape index (κ3) is 2.81. The van der Waals surface area contributed by atoms with Crippen LogP contribution < -0.4 is 5.32 Å². The highest BCUT2D eigenvalue weighted by Gasteiger charge is 2.22. The average Bonchev–Trinajstić information content (AvgIpc) is 2.88. The Balaban J connectivity index is 1.61. The van der Waals surface area contributed by atoms with Crippen LogP contribution in [0.1, 0.15) is 18.1 Å². The van der Waals surface area contributed by atoms with Crippen molar-refractivity contribution in [3.8, 4) is 0 Å². The monoisotopic (exact) mass is 355 g/mol. The summed E-state index contributed by atoms with van der Waals surface area (Å²) in [6.07, 6.45) is 2.88. The molecule has 1 N–H and O–H groups in total. The zero-order chi connectivity index (χ0) is 18.3. The Hall–Kier alpha value is -2.89.